The molecule has 0 aromatic carbocycles. The average Bonchev–Trinajstić information content (AvgIpc) is 2.38. The zero-order valence-electron chi connectivity index (χ0n) is 10.1. The number of aromatic carboxylic acids is 1. The van der Waals surface area contributed by atoms with Crippen LogP contribution < -0.4 is 5.73 Å². The van der Waals surface area contributed by atoms with E-state index in [4.69, 9.17) is 10.8 Å². The number of alkyl halides is 3. The molecule has 0 unspecified atom stereocenters. The number of nitrogen functional groups attached to an aromatic ring is 1. The minimum Gasteiger partial charge on any atom is -0.476 e. The highest BCUT2D eigenvalue weighted by Gasteiger charge is 2.34. The van der Waals surface area contributed by atoms with E-state index in [1.807, 2.05) is 0 Å². The van der Waals surface area contributed by atoms with Crippen LogP contribution in [0.5, 0.6) is 0 Å². The first-order chi connectivity index (χ1) is 9.29. The van der Waals surface area contributed by atoms with Crippen molar-refractivity contribution in [3.63, 3.8) is 0 Å². The van der Waals surface area contributed by atoms with E-state index in [9.17, 15) is 18.0 Å². The molecule has 2 rings (SSSR count). The van der Waals surface area contributed by atoms with Gasteiger partial charge in [0.2, 0.25) is 0 Å². The SMILES string of the molecule is Nc1ncc(C2=CC=C(C(F)(F)F)CC2)nc1C(=O)O. The second-order valence-corrected chi connectivity index (χ2v) is 4.18. The molecule has 106 valence electrons. The molecule has 0 saturated heterocycles. The number of carboxylic acids is 1. The molecular formula is C12H10F3N3O2. The zero-order chi connectivity index (χ0) is 14.9. The van der Waals surface area contributed by atoms with Crippen LogP contribution in [0, 0.1) is 0 Å². The number of anilines is 1. The molecule has 1 aromatic rings. The second kappa shape index (κ2) is 4.95. The minimum absolute atomic E-state index is 0.114. The van der Waals surface area contributed by atoms with Crippen LogP contribution in [0.4, 0.5) is 19.0 Å². The van der Waals surface area contributed by atoms with Crippen LogP contribution in [0.1, 0.15) is 29.0 Å². The third-order valence-corrected chi connectivity index (χ3v) is 2.85. The average molecular weight is 285 g/mol. The summed E-state index contributed by atoms with van der Waals surface area (Å²) < 4.78 is 37.4. The molecule has 0 amide bonds. The molecule has 8 heteroatoms. The Morgan fingerprint density at radius 3 is 2.50 bits per heavy atom. The van der Waals surface area contributed by atoms with Crippen molar-refractivity contribution in [2.24, 2.45) is 0 Å². The number of hydrogen-bond donors (Lipinski definition) is 2. The zero-order valence-corrected chi connectivity index (χ0v) is 10.1. The lowest BCUT2D eigenvalue weighted by atomic mass is 9.96. The lowest BCUT2D eigenvalue weighted by Gasteiger charge is -2.16. The Labute approximate surface area is 111 Å². The topological polar surface area (TPSA) is 89.1 Å². The molecule has 1 aliphatic rings. The molecule has 0 spiro atoms. The van der Waals surface area contributed by atoms with Gasteiger partial charge in [-0.25, -0.2) is 14.8 Å². The van der Waals surface area contributed by atoms with Gasteiger partial charge >= 0.3 is 12.1 Å². The van der Waals surface area contributed by atoms with Gasteiger partial charge < -0.3 is 10.8 Å². The summed E-state index contributed by atoms with van der Waals surface area (Å²) in [6, 6.07) is 0. The highest BCUT2D eigenvalue weighted by atomic mass is 19.4. The van der Waals surface area contributed by atoms with Gasteiger partial charge in [0.1, 0.15) is 0 Å². The van der Waals surface area contributed by atoms with Crippen LogP contribution >= 0.6 is 0 Å². The molecule has 0 radical (unpaired) electrons. The molecule has 0 atom stereocenters. The van der Waals surface area contributed by atoms with E-state index >= 15 is 0 Å². The highest BCUT2D eigenvalue weighted by molar-refractivity contribution is 5.90. The van der Waals surface area contributed by atoms with E-state index in [1.54, 1.807) is 0 Å². The molecule has 20 heavy (non-hydrogen) atoms. The van der Waals surface area contributed by atoms with Crippen LogP contribution in [-0.4, -0.2) is 27.2 Å². The Kier molecular flexibility index (Phi) is 3.47. The van der Waals surface area contributed by atoms with Gasteiger partial charge in [0.15, 0.2) is 11.5 Å². The number of aromatic nitrogens is 2. The number of carbonyl (C=O) groups is 1. The maximum absolute atomic E-state index is 12.5. The number of rotatable bonds is 2. The Morgan fingerprint density at radius 1 is 1.30 bits per heavy atom. The van der Waals surface area contributed by atoms with E-state index < -0.39 is 23.4 Å². The van der Waals surface area contributed by atoms with Crippen molar-refractivity contribution in [3.05, 3.63) is 35.3 Å². The second-order valence-electron chi connectivity index (χ2n) is 4.18. The van der Waals surface area contributed by atoms with Crippen LogP contribution in [-0.2, 0) is 0 Å². The van der Waals surface area contributed by atoms with Crippen molar-refractivity contribution >= 4 is 17.4 Å². The molecule has 0 saturated carbocycles. The number of allylic oxidation sites excluding steroid dienone is 4. The van der Waals surface area contributed by atoms with Gasteiger partial charge in [-0.1, -0.05) is 12.2 Å². The van der Waals surface area contributed by atoms with Gasteiger partial charge in [0, 0.05) is 5.57 Å². The summed E-state index contributed by atoms with van der Waals surface area (Å²) in [5.41, 5.74) is 5.04. The van der Waals surface area contributed by atoms with Crippen molar-refractivity contribution in [2.75, 3.05) is 5.73 Å². The Morgan fingerprint density at radius 2 is 2.00 bits per heavy atom. The molecule has 5 nitrogen and oxygen atoms in total. The van der Waals surface area contributed by atoms with Gasteiger partial charge in [0.05, 0.1) is 11.9 Å². The molecule has 1 heterocycles. The molecule has 0 fully saturated rings. The largest absolute Gasteiger partial charge is 0.476 e. The summed E-state index contributed by atoms with van der Waals surface area (Å²) in [6.45, 7) is 0. The molecule has 0 bridgehead atoms. The van der Waals surface area contributed by atoms with Gasteiger partial charge in [-0.05, 0) is 18.4 Å². The molecule has 1 aliphatic carbocycles. The fourth-order valence-electron chi connectivity index (χ4n) is 1.80. The summed E-state index contributed by atoms with van der Waals surface area (Å²) in [5, 5.41) is 8.87. The Hall–Kier alpha value is -2.38. The van der Waals surface area contributed by atoms with Crippen molar-refractivity contribution in [3.8, 4) is 0 Å². The van der Waals surface area contributed by atoms with Crippen LogP contribution in [0.3, 0.4) is 0 Å². The van der Waals surface area contributed by atoms with E-state index in [0.29, 0.717) is 5.57 Å². The first-order valence-corrected chi connectivity index (χ1v) is 5.62. The number of carboxylic acid groups (broad SMARTS) is 1. The Balaban J connectivity index is 2.35. The standard InChI is InChI=1S/C12H10F3N3O2/c13-12(14,15)7-3-1-6(2-4-7)8-5-17-10(16)9(18-8)11(19)20/h1,3,5H,2,4H2,(H2,16,17)(H,19,20). The van der Waals surface area contributed by atoms with Gasteiger partial charge in [-0.2, -0.15) is 13.2 Å². The molecular weight excluding hydrogens is 275 g/mol. The van der Waals surface area contributed by atoms with Gasteiger partial charge in [-0.3, -0.25) is 0 Å². The van der Waals surface area contributed by atoms with Crippen molar-refractivity contribution < 1.29 is 23.1 Å². The van der Waals surface area contributed by atoms with Crippen LogP contribution in [0.2, 0.25) is 0 Å². The normalized spacial score (nSPS) is 15.6. The maximum atomic E-state index is 12.5. The first kappa shape index (κ1) is 14.0. The monoisotopic (exact) mass is 285 g/mol. The number of nitrogens with zero attached hydrogens (tertiary/aromatic N) is 2. The van der Waals surface area contributed by atoms with Gasteiger partial charge in [-0.15, -0.1) is 0 Å². The number of hydrogen-bond acceptors (Lipinski definition) is 4. The highest BCUT2D eigenvalue weighted by Crippen LogP contribution is 2.35. The number of halogens is 3. The van der Waals surface area contributed by atoms with Crippen LogP contribution in [0.25, 0.3) is 5.57 Å². The van der Waals surface area contributed by atoms with Crippen LogP contribution in [0.15, 0.2) is 23.9 Å². The molecule has 0 aliphatic heterocycles. The van der Waals surface area contributed by atoms with E-state index in [1.165, 1.54) is 12.3 Å². The van der Waals surface area contributed by atoms with Crippen molar-refractivity contribution in [1.29, 1.82) is 0 Å². The third kappa shape index (κ3) is 2.79. The molecule has 3 N–H and O–H groups in total. The summed E-state index contributed by atoms with van der Waals surface area (Å²) in [6.07, 6.45) is -0.913. The fourth-order valence-corrected chi connectivity index (χ4v) is 1.80. The first-order valence-electron chi connectivity index (χ1n) is 5.62. The summed E-state index contributed by atoms with van der Waals surface area (Å²) >= 11 is 0. The van der Waals surface area contributed by atoms with E-state index in [2.05, 4.69) is 9.97 Å². The summed E-state index contributed by atoms with van der Waals surface area (Å²) in [5.74, 6) is -1.57. The number of nitrogens with two attached hydrogens (primary N) is 1. The Bertz CT molecular complexity index is 621. The predicted octanol–water partition coefficient (Wildman–Crippen LogP) is 2.42. The summed E-state index contributed by atoms with van der Waals surface area (Å²) in [4.78, 5) is 18.4. The lowest BCUT2D eigenvalue weighted by molar-refractivity contribution is -0.0939. The minimum atomic E-state index is -4.35. The quantitative estimate of drug-likeness (QED) is 0.871. The maximum Gasteiger partial charge on any atom is 0.412 e. The van der Waals surface area contributed by atoms with Crippen molar-refractivity contribution in [2.45, 2.75) is 19.0 Å². The van der Waals surface area contributed by atoms with Gasteiger partial charge in [0.25, 0.3) is 0 Å². The predicted molar refractivity (Wildman–Crippen MR) is 64.8 cm³/mol. The van der Waals surface area contributed by atoms with E-state index in [-0.39, 0.29) is 24.4 Å². The van der Waals surface area contributed by atoms with E-state index in [0.717, 1.165) is 6.08 Å². The molecule has 1 aromatic heterocycles. The smallest absolute Gasteiger partial charge is 0.412 e. The third-order valence-electron chi connectivity index (χ3n) is 2.85. The van der Waals surface area contributed by atoms with Crippen molar-refractivity contribution in [1.82, 2.24) is 9.97 Å². The lowest BCUT2D eigenvalue weighted by Crippen LogP contribution is -2.14. The fraction of sp³-hybridized carbons (Fsp3) is 0.250. The summed E-state index contributed by atoms with van der Waals surface area (Å²) in [7, 11) is 0.